The van der Waals surface area contributed by atoms with Gasteiger partial charge in [0.2, 0.25) is 0 Å². The Morgan fingerprint density at radius 2 is 1.83 bits per heavy atom. The van der Waals surface area contributed by atoms with Gasteiger partial charge in [-0.15, -0.1) is 0 Å². The lowest BCUT2D eigenvalue weighted by Gasteiger charge is -2.15. The summed E-state index contributed by atoms with van der Waals surface area (Å²) in [4.78, 5) is 22.9. The molecule has 0 bridgehead atoms. The third-order valence-electron chi connectivity index (χ3n) is 2.72. The van der Waals surface area contributed by atoms with Gasteiger partial charge in [-0.25, -0.2) is 9.59 Å². The lowest BCUT2D eigenvalue weighted by Crippen LogP contribution is -2.19. The predicted octanol–water partition coefficient (Wildman–Crippen LogP) is 3.12. The molecule has 0 aliphatic carbocycles. The van der Waals surface area contributed by atoms with Crippen molar-refractivity contribution in [2.75, 3.05) is 0 Å². The van der Waals surface area contributed by atoms with Crippen LogP contribution in [0, 0.1) is 0 Å². The van der Waals surface area contributed by atoms with E-state index in [0.717, 1.165) is 19.3 Å². The van der Waals surface area contributed by atoms with Gasteiger partial charge in [-0.3, -0.25) is 0 Å². The van der Waals surface area contributed by atoms with E-state index < -0.39 is 11.9 Å². The van der Waals surface area contributed by atoms with Gasteiger partial charge in [-0.2, -0.15) is 0 Å². The zero-order chi connectivity index (χ0) is 13.5. The zero-order valence-electron chi connectivity index (χ0n) is 10.7. The minimum Gasteiger partial charge on any atom is -0.478 e. The average molecular weight is 250 g/mol. The third-order valence-corrected chi connectivity index (χ3v) is 2.72. The van der Waals surface area contributed by atoms with E-state index in [9.17, 15) is 9.59 Å². The van der Waals surface area contributed by atoms with Gasteiger partial charge >= 0.3 is 11.9 Å². The monoisotopic (exact) mass is 250 g/mol. The number of hydrogen-bond donors (Lipinski definition) is 1. The summed E-state index contributed by atoms with van der Waals surface area (Å²) in [6.07, 6.45) is 2.29. The molecular weight excluding hydrogens is 232 g/mol. The van der Waals surface area contributed by atoms with Crippen molar-refractivity contribution < 1.29 is 19.4 Å². The largest absolute Gasteiger partial charge is 0.478 e. The van der Waals surface area contributed by atoms with Crippen LogP contribution in [0.25, 0.3) is 0 Å². The highest BCUT2D eigenvalue weighted by atomic mass is 16.5. The second kappa shape index (κ2) is 6.79. The van der Waals surface area contributed by atoms with Crippen LogP contribution in [-0.2, 0) is 4.74 Å². The highest BCUT2D eigenvalue weighted by Gasteiger charge is 2.19. The summed E-state index contributed by atoms with van der Waals surface area (Å²) >= 11 is 0. The number of ether oxygens (including phenoxy) is 1. The molecule has 0 amide bonds. The van der Waals surface area contributed by atoms with E-state index in [1.165, 1.54) is 12.1 Å². The van der Waals surface area contributed by atoms with Crippen LogP contribution >= 0.6 is 0 Å². The van der Waals surface area contributed by atoms with Gasteiger partial charge in [0.05, 0.1) is 11.1 Å². The van der Waals surface area contributed by atoms with Crippen LogP contribution in [0.4, 0.5) is 0 Å². The summed E-state index contributed by atoms with van der Waals surface area (Å²) in [7, 11) is 0. The maximum Gasteiger partial charge on any atom is 0.339 e. The summed E-state index contributed by atoms with van der Waals surface area (Å²) in [5.74, 6) is -1.68. The second-order valence-electron chi connectivity index (χ2n) is 4.07. The van der Waals surface area contributed by atoms with E-state index in [1.54, 1.807) is 12.1 Å². The van der Waals surface area contributed by atoms with Crippen molar-refractivity contribution in [3.05, 3.63) is 35.4 Å². The molecule has 0 heterocycles. The van der Waals surface area contributed by atoms with Crippen molar-refractivity contribution in [2.24, 2.45) is 0 Å². The van der Waals surface area contributed by atoms with Crippen molar-refractivity contribution in [1.82, 2.24) is 0 Å². The van der Waals surface area contributed by atoms with Crippen LogP contribution in [0.5, 0.6) is 0 Å². The first-order chi connectivity index (χ1) is 8.60. The molecule has 1 aromatic carbocycles. The molecule has 1 rings (SSSR count). The Morgan fingerprint density at radius 1 is 1.22 bits per heavy atom. The maximum absolute atomic E-state index is 11.9. The molecule has 98 valence electrons. The number of carbonyl (C=O) groups excluding carboxylic acids is 1. The number of benzene rings is 1. The number of carbonyl (C=O) groups is 2. The summed E-state index contributed by atoms with van der Waals surface area (Å²) in [6, 6.07) is 6.09. The molecular formula is C14H18O4. The van der Waals surface area contributed by atoms with E-state index in [0.29, 0.717) is 0 Å². The van der Waals surface area contributed by atoms with Crippen molar-refractivity contribution in [3.63, 3.8) is 0 Å². The highest BCUT2D eigenvalue weighted by Crippen LogP contribution is 2.14. The topological polar surface area (TPSA) is 63.6 Å². The van der Waals surface area contributed by atoms with Crippen LogP contribution in [0.2, 0.25) is 0 Å². The molecule has 18 heavy (non-hydrogen) atoms. The van der Waals surface area contributed by atoms with Gasteiger partial charge in [-0.1, -0.05) is 32.4 Å². The fraction of sp³-hybridized carbons (Fsp3) is 0.429. The molecule has 0 aliphatic rings. The molecule has 1 aromatic rings. The van der Waals surface area contributed by atoms with Crippen molar-refractivity contribution in [3.8, 4) is 0 Å². The van der Waals surface area contributed by atoms with Crippen molar-refractivity contribution in [2.45, 2.75) is 39.2 Å². The van der Waals surface area contributed by atoms with Crippen LogP contribution in [-0.4, -0.2) is 23.1 Å². The SMILES string of the molecule is CCCC(CC)OC(=O)c1ccccc1C(=O)O. The minimum atomic E-state index is -1.12. The Balaban J connectivity index is 2.87. The quantitative estimate of drug-likeness (QED) is 0.788. The number of esters is 1. The normalized spacial score (nSPS) is 11.9. The van der Waals surface area contributed by atoms with Gasteiger partial charge < -0.3 is 9.84 Å². The van der Waals surface area contributed by atoms with E-state index in [-0.39, 0.29) is 17.2 Å². The predicted molar refractivity (Wildman–Crippen MR) is 67.8 cm³/mol. The minimum absolute atomic E-state index is 0.0196. The van der Waals surface area contributed by atoms with Crippen LogP contribution in [0.15, 0.2) is 24.3 Å². The van der Waals surface area contributed by atoms with E-state index in [4.69, 9.17) is 9.84 Å². The molecule has 4 heteroatoms. The van der Waals surface area contributed by atoms with E-state index in [2.05, 4.69) is 0 Å². The molecule has 4 nitrogen and oxygen atoms in total. The Morgan fingerprint density at radius 3 is 2.33 bits per heavy atom. The lowest BCUT2D eigenvalue weighted by molar-refractivity contribution is 0.0266. The van der Waals surface area contributed by atoms with Crippen molar-refractivity contribution in [1.29, 1.82) is 0 Å². The molecule has 0 radical (unpaired) electrons. The number of rotatable bonds is 6. The van der Waals surface area contributed by atoms with Gasteiger partial charge in [0.25, 0.3) is 0 Å². The molecule has 0 spiro atoms. The second-order valence-corrected chi connectivity index (χ2v) is 4.07. The fourth-order valence-electron chi connectivity index (χ4n) is 1.73. The maximum atomic E-state index is 11.9. The van der Waals surface area contributed by atoms with Gasteiger partial charge in [0.1, 0.15) is 6.10 Å². The molecule has 0 fully saturated rings. The van der Waals surface area contributed by atoms with Gasteiger partial charge in [-0.05, 0) is 25.0 Å². The zero-order valence-corrected chi connectivity index (χ0v) is 10.7. The molecule has 0 saturated carbocycles. The van der Waals surface area contributed by atoms with Gasteiger partial charge in [0, 0.05) is 0 Å². The first kappa shape index (κ1) is 14.2. The fourth-order valence-corrected chi connectivity index (χ4v) is 1.73. The molecule has 1 N–H and O–H groups in total. The van der Waals surface area contributed by atoms with Crippen LogP contribution < -0.4 is 0 Å². The first-order valence-electron chi connectivity index (χ1n) is 6.13. The van der Waals surface area contributed by atoms with Gasteiger partial charge in [0.15, 0.2) is 0 Å². The summed E-state index contributed by atoms with van der Waals surface area (Å²) < 4.78 is 5.31. The third kappa shape index (κ3) is 3.58. The molecule has 1 atom stereocenters. The molecule has 0 aliphatic heterocycles. The smallest absolute Gasteiger partial charge is 0.339 e. The average Bonchev–Trinajstić information content (AvgIpc) is 2.38. The van der Waals surface area contributed by atoms with Crippen LogP contribution in [0.3, 0.4) is 0 Å². The summed E-state index contributed by atoms with van der Waals surface area (Å²) in [5, 5.41) is 9.00. The first-order valence-corrected chi connectivity index (χ1v) is 6.13. The van der Waals surface area contributed by atoms with E-state index >= 15 is 0 Å². The standard InChI is InChI=1S/C14H18O4/c1-3-7-10(4-2)18-14(17)12-9-6-5-8-11(12)13(15)16/h5-6,8-10H,3-4,7H2,1-2H3,(H,15,16). The summed E-state index contributed by atoms with van der Waals surface area (Å²) in [6.45, 7) is 3.96. The highest BCUT2D eigenvalue weighted by molar-refractivity contribution is 6.02. The Bertz CT molecular complexity index is 426. The van der Waals surface area contributed by atoms with Crippen molar-refractivity contribution >= 4 is 11.9 Å². The Hall–Kier alpha value is -1.84. The number of carboxylic acids is 1. The molecule has 0 aromatic heterocycles. The lowest BCUT2D eigenvalue weighted by atomic mass is 10.1. The number of aromatic carboxylic acids is 1. The van der Waals surface area contributed by atoms with E-state index in [1.807, 2.05) is 13.8 Å². The van der Waals surface area contributed by atoms with Crippen LogP contribution in [0.1, 0.15) is 53.8 Å². The molecule has 1 unspecified atom stereocenters. The Kier molecular flexibility index (Phi) is 5.36. The molecule has 0 saturated heterocycles. The Labute approximate surface area is 107 Å². The summed E-state index contributed by atoms with van der Waals surface area (Å²) in [5.41, 5.74) is 0.0911. The number of carboxylic acid groups (broad SMARTS) is 1. The number of hydrogen-bond acceptors (Lipinski definition) is 3.